The van der Waals surface area contributed by atoms with Crippen LogP contribution in [0.3, 0.4) is 0 Å². The molecule has 1 aromatic rings. The van der Waals surface area contributed by atoms with E-state index in [1.807, 2.05) is 24.3 Å². The van der Waals surface area contributed by atoms with Crippen molar-refractivity contribution in [3.8, 4) is 0 Å². The average Bonchev–Trinajstić information content (AvgIpc) is 2.59. The SMILES string of the molecule is O=C(O)CC1=CCC=CC=C1Nc1c(Cl)cccc1Cl. The molecular formula is C15H13Cl2NO2. The largest absolute Gasteiger partial charge is 0.481 e. The topological polar surface area (TPSA) is 49.3 Å². The van der Waals surface area contributed by atoms with Crippen LogP contribution >= 0.6 is 23.2 Å². The summed E-state index contributed by atoms with van der Waals surface area (Å²) >= 11 is 12.2. The van der Waals surface area contributed by atoms with E-state index in [1.54, 1.807) is 18.2 Å². The molecule has 0 heterocycles. The number of rotatable bonds is 4. The van der Waals surface area contributed by atoms with Gasteiger partial charge < -0.3 is 10.4 Å². The van der Waals surface area contributed by atoms with Crippen molar-refractivity contribution in [2.75, 3.05) is 5.32 Å². The first-order chi connectivity index (χ1) is 9.58. The number of aliphatic carboxylic acids is 1. The molecule has 0 saturated heterocycles. The van der Waals surface area contributed by atoms with Crippen LogP contribution in [0.15, 0.2) is 53.8 Å². The summed E-state index contributed by atoms with van der Waals surface area (Å²) in [6.45, 7) is 0. The smallest absolute Gasteiger partial charge is 0.307 e. The van der Waals surface area contributed by atoms with E-state index in [1.165, 1.54) is 0 Å². The average molecular weight is 310 g/mol. The van der Waals surface area contributed by atoms with Crippen molar-refractivity contribution in [3.63, 3.8) is 0 Å². The predicted octanol–water partition coefficient (Wildman–Crippen LogP) is 4.65. The first-order valence-electron chi connectivity index (χ1n) is 6.07. The van der Waals surface area contributed by atoms with Gasteiger partial charge in [0, 0.05) is 5.70 Å². The third-order valence-electron chi connectivity index (χ3n) is 2.81. The molecule has 5 heteroatoms. The molecule has 0 amide bonds. The fourth-order valence-corrected chi connectivity index (χ4v) is 2.37. The van der Waals surface area contributed by atoms with Crippen LogP contribution in [0, 0.1) is 0 Å². The second-order valence-corrected chi connectivity index (χ2v) is 5.08. The number of hydrogen-bond donors (Lipinski definition) is 2. The van der Waals surface area contributed by atoms with Crippen LogP contribution in [-0.2, 0) is 4.79 Å². The zero-order chi connectivity index (χ0) is 14.5. The molecule has 20 heavy (non-hydrogen) atoms. The maximum absolute atomic E-state index is 10.9. The number of carboxylic acids is 1. The monoisotopic (exact) mass is 309 g/mol. The van der Waals surface area contributed by atoms with Crippen molar-refractivity contribution in [2.45, 2.75) is 12.8 Å². The van der Waals surface area contributed by atoms with Gasteiger partial charge in [0.2, 0.25) is 0 Å². The summed E-state index contributed by atoms with van der Waals surface area (Å²) in [6.07, 6.45) is 8.16. The van der Waals surface area contributed by atoms with E-state index in [9.17, 15) is 4.79 Å². The highest BCUT2D eigenvalue weighted by Gasteiger charge is 2.13. The summed E-state index contributed by atoms with van der Waals surface area (Å²) in [5.74, 6) is -0.879. The van der Waals surface area contributed by atoms with Crippen LogP contribution in [0.5, 0.6) is 0 Å². The molecule has 2 rings (SSSR count). The highest BCUT2D eigenvalue weighted by molar-refractivity contribution is 6.39. The number of halogens is 2. The van der Waals surface area contributed by atoms with Crippen LogP contribution in [0.2, 0.25) is 10.0 Å². The molecule has 1 aromatic carbocycles. The Hall–Kier alpha value is -1.71. The Morgan fingerprint density at radius 2 is 2.00 bits per heavy atom. The van der Waals surface area contributed by atoms with Gasteiger partial charge in [-0.3, -0.25) is 4.79 Å². The molecule has 0 aliphatic heterocycles. The molecular weight excluding hydrogens is 297 g/mol. The van der Waals surface area contributed by atoms with E-state index in [2.05, 4.69) is 5.32 Å². The molecule has 2 N–H and O–H groups in total. The second kappa shape index (κ2) is 6.64. The number of para-hydroxylation sites is 1. The number of benzene rings is 1. The summed E-state index contributed by atoms with van der Waals surface area (Å²) in [5, 5.41) is 13.1. The third kappa shape index (κ3) is 3.65. The van der Waals surface area contributed by atoms with Gasteiger partial charge >= 0.3 is 5.97 Å². The van der Waals surface area contributed by atoms with Crippen molar-refractivity contribution in [1.82, 2.24) is 0 Å². The summed E-state index contributed by atoms with van der Waals surface area (Å²) in [4.78, 5) is 10.9. The van der Waals surface area contributed by atoms with Crippen LogP contribution in [0.25, 0.3) is 0 Å². The quantitative estimate of drug-likeness (QED) is 0.851. The number of allylic oxidation sites excluding steroid dienone is 5. The van der Waals surface area contributed by atoms with Crippen molar-refractivity contribution in [3.05, 3.63) is 63.8 Å². The van der Waals surface area contributed by atoms with Gasteiger partial charge in [-0.25, -0.2) is 0 Å². The first kappa shape index (κ1) is 14.7. The summed E-state index contributed by atoms with van der Waals surface area (Å²) in [5.41, 5.74) is 1.98. The molecule has 0 atom stereocenters. The van der Waals surface area contributed by atoms with Gasteiger partial charge in [0.15, 0.2) is 0 Å². The van der Waals surface area contributed by atoms with Gasteiger partial charge in [-0.05, 0) is 30.2 Å². The number of carboxylic acid groups (broad SMARTS) is 1. The van der Waals surface area contributed by atoms with Crippen LogP contribution in [0.4, 0.5) is 5.69 Å². The maximum Gasteiger partial charge on any atom is 0.307 e. The normalized spacial score (nSPS) is 14.3. The predicted molar refractivity (Wildman–Crippen MR) is 82.3 cm³/mol. The van der Waals surface area contributed by atoms with Gasteiger partial charge in [-0.1, -0.05) is 47.5 Å². The minimum Gasteiger partial charge on any atom is -0.481 e. The fourth-order valence-electron chi connectivity index (χ4n) is 1.87. The lowest BCUT2D eigenvalue weighted by Gasteiger charge is -2.15. The van der Waals surface area contributed by atoms with Crippen LogP contribution < -0.4 is 5.32 Å². The van der Waals surface area contributed by atoms with Crippen molar-refractivity contribution in [2.24, 2.45) is 0 Å². The molecule has 0 unspecified atom stereocenters. The zero-order valence-electron chi connectivity index (χ0n) is 10.6. The van der Waals surface area contributed by atoms with E-state index < -0.39 is 5.97 Å². The Labute approximate surface area is 127 Å². The molecule has 0 aromatic heterocycles. The molecule has 1 aliphatic carbocycles. The number of carbonyl (C=O) groups is 1. The summed E-state index contributed by atoms with van der Waals surface area (Å²) in [7, 11) is 0. The first-order valence-corrected chi connectivity index (χ1v) is 6.82. The standard InChI is InChI=1S/C15H13Cl2NO2/c16-11-6-4-7-12(17)15(11)18-13-8-3-1-2-5-10(13)9-14(19)20/h1,3-8,18H,2,9H2,(H,19,20). The van der Waals surface area contributed by atoms with Gasteiger partial charge in [-0.2, -0.15) is 0 Å². The Morgan fingerprint density at radius 1 is 1.30 bits per heavy atom. The van der Waals surface area contributed by atoms with Gasteiger partial charge in [0.05, 0.1) is 22.2 Å². The lowest BCUT2D eigenvalue weighted by atomic mass is 10.1. The lowest BCUT2D eigenvalue weighted by molar-refractivity contribution is -0.136. The van der Waals surface area contributed by atoms with E-state index in [0.717, 1.165) is 0 Å². The molecule has 3 nitrogen and oxygen atoms in total. The number of anilines is 1. The van der Waals surface area contributed by atoms with Crippen molar-refractivity contribution in [1.29, 1.82) is 0 Å². The van der Waals surface area contributed by atoms with Crippen molar-refractivity contribution >= 4 is 34.9 Å². The second-order valence-electron chi connectivity index (χ2n) is 4.27. The summed E-state index contributed by atoms with van der Waals surface area (Å²) < 4.78 is 0. The van der Waals surface area contributed by atoms with Gasteiger partial charge in [0.25, 0.3) is 0 Å². The highest BCUT2D eigenvalue weighted by atomic mass is 35.5. The van der Waals surface area contributed by atoms with E-state index >= 15 is 0 Å². The van der Waals surface area contributed by atoms with Crippen molar-refractivity contribution < 1.29 is 9.90 Å². The molecule has 0 spiro atoms. The third-order valence-corrected chi connectivity index (χ3v) is 3.44. The molecule has 1 aliphatic rings. The minimum absolute atomic E-state index is 0.0530. The molecule has 0 fully saturated rings. The maximum atomic E-state index is 10.9. The van der Waals surface area contributed by atoms with E-state index in [-0.39, 0.29) is 6.42 Å². The number of nitrogens with one attached hydrogen (secondary N) is 1. The summed E-state index contributed by atoms with van der Waals surface area (Å²) in [6, 6.07) is 5.21. The van der Waals surface area contributed by atoms with E-state index in [0.29, 0.717) is 33.4 Å². The molecule has 0 saturated carbocycles. The lowest BCUT2D eigenvalue weighted by Crippen LogP contribution is -2.07. The minimum atomic E-state index is -0.879. The van der Waals surface area contributed by atoms with Crippen LogP contribution in [-0.4, -0.2) is 11.1 Å². The Bertz CT molecular complexity index is 598. The van der Waals surface area contributed by atoms with Gasteiger partial charge in [-0.15, -0.1) is 0 Å². The highest BCUT2D eigenvalue weighted by Crippen LogP contribution is 2.32. The molecule has 0 bridgehead atoms. The Morgan fingerprint density at radius 3 is 2.65 bits per heavy atom. The number of hydrogen-bond acceptors (Lipinski definition) is 2. The fraction of sp³-hybridized carbons (Fsp3) is 0.133. The van der Waals surface area contributed by atoms with Gasteiger partial charge in [0.1, 0.15) is 0 Å². The van der Waals surface area contributed by atoms with E-state index in [4.69, 9.17) is 28.3 Å². The Balaban J connectivity index is 2.31. The van der Waals surface area contributed by atoms with Crippen LogP contribution in [0.1, 0.15) is 12.8 Å². The Kier molecular flexibility index (Phi) is 4.88. The molecule has 0 radical (unpaired) electrons. The zero-order valence-corrected chi connectivity index (χ0v) is 12.1. The molecule has 104 valence electrons.